The van der Waals surface area contributed by atoms with E-state index in [2.05, 4.69) is 47.2 Å². The summed E-state index contributed by atoms with van der Waals surface area (Å²) in [5.41, 5.74) is 5.88. The Hall–Kier alpha value is -2.97. The molecule has 2 amide bonds. The van der Waals surface area contributed by atoms with Crippen LogP contribution in [0.15, 0.2) is 18.2 Å². The number of carbonyl (C=O) groups is 3. The average molecular weight is 547 g/mol. The van der Waals surface area contributed by atoms with Crippen molar-refractivity contribution in [3.8, 4) is 0 Å². The fraction of sp³-hybridized carbons (Fsp3) is 0.594. The minimum atomic E-state index is -0.598. The molecule has 8 nitrogen and oxygen atoms in total. The maximum absolute atomic E-state index is 14.0. The molecule has 1 aromatic heterocycles. The number of ether oxygens (including phenoxy) is 1. The Labute approximate surface area is 236 Å². The number of amides is 2. The zero-order valence-electron chi connectivity index (χ0n) is 24.1. The lowest BCUT2D eigenvalue weighted by atomic mass is 9.75. The molecule has 2 fully saturated rings. The summed E-state index contributed by atoms with van der Waals surface area (Å²) in [5.74, 6) is 0.397. The number of hydrogen-bond donors (Lipinski definition) is 2. The van der Waals surface area contributed by atoms with Gasteiger partial charge in [0.05, 0.1) is 13.2 Å². The average Bonchev–Trinajstić information content (AvgIpc) is 3.56. The Balaban J connectivity index is 1.19. The predicted molar refractivity (Wildman–Crippen MR) is 154 cm³/mol. The highest BCUT2D eigenvalue weighted by Crippen LogP contribution is 2.37. The van der Waals surface area contributed by atoms with Crippen molar-refractivity contribution in [3.05, 3.63) is 51.8 Å². The fourth-order valence-corrected chi connectivity index (χ4v) is 6.74. The second-order valence-corrected chi connectivity index (χ2v) is 13.1. The summed E-state index contributed by atoms with van der Waals surface area (Å²) >= 11 is 0. The van der Waals surface area contributed by atoms with E-state index in [-0.39, 0.29) is 23.0 Å². The molecule has 3 heterocycles. The van der Waals surface area contributed by atoms with Crippen molar-refractivity contribution in [1.82, 2.24) is 15.2 Å². The Morgan fingerprint density at radius 1 is 1.15 bits per heavy atom. The Bertz CT molecular complexity index is 1320. The summed E-state index contributed by atoms with van der Waals surface area (Å²) in [4.78, 5) is 47.9. The summed E-state index contributed by atoms with van der Waals surface area (Å²) < 4.78 is 5.48. The summed E-state index contributed by atoms with van der Waals surface area (Å²) in [5, 5.41) is 3.08. The van der Waals surface area contributed by atoms with E-state index in [9.17, 15) is 14.4 Å². The van der Waals surface area contributed by atoms with E-state index in [4.69, 9.17) is 4.74 Å². The molecule has 1 aromatic carbocycles. The van der Waals surface area contributed by atoms with Crippen molar-refractivity contribution < 1.29 is 19.1 Å². The molecule has 1 saturated heterocycles. The van der Waals surface area contributed by atoms with Crippen LogP contribution in [0.4, 0.5) is 5.69 Å². The third-order valence-corrected chi connectivity index (χ3v) is 9.11. The standard InChI is InChI=1S/C32H42N4O4/c1-20-28-25(17-32(2,3)18-27(28)37)33-29(20)30(38)34-24(8-6-21-4-5-21)31(39)36-11-10-23-16-22(7-9-26(23)36)19-35-12-14-40-15-13-35/h7,9,16,21,24,33H,4-6,8,10-15,17-19H2,1-3H3,(H,34,38). The number of benzene rings is 1. The molecular formula is C32H42N4O4. The van der Waals surface area contributed by atoms with Gasteiger partial charge >= 0.3 is 0 Å². The predicted octanol–water partition coefficient (Wildman–Crippen LogP) is 4.19. The first kappa shape index (κ1) is 27.2. The second kappa shape index (κ2) is 10.8. The maximum Gasteiger partial charge on any atom is 0.268 e. The number of nitrogens with zero attached hydrogens (tertiary/aromatic N) is 2. The van der Waals surface area contributed by atoms with Gasteiger partial charge in [-0.3, -0.25) is 19.3 Å². The lowest BCUT2D eigenvalue weighted by Gasteiger charge is -2.28. The maximum atomic E-state index is 14.0. The molecule has 1 saturated carbocycles. The number of carbonyl (C=O) groups excluding carboxylic acids is 3. The molecule has 2 aliphatic heterocycles. The zero-order chi connectivity index (χ0) is 28.0. The zero-order valence-corrected chi connectivity index (χ0v) is 24.1. The number of nitrogens with one attached hydrogen (secondary N) is 2. The first-order valence-corrected chi connectivity index (χ1v) is 15.0. The SMILES string of the molecule is Cc1c(C(=O)NC(CCC2CC2)C(=O)N2CCc3cc(CN4CCOCC4)ccc32)[nH]c2c1C(=O)CC(C)(C)C2. The summed E-state index contributed by atoms with van der Waals surface area (Å²) in [7, 11) is 0. The molecule has 6 rings (SSSR count). The van der Waals surface area contributed by atoms with Crippen LogP contribution in [0.5, 0.6) is 0 Å². The third-order valence-electron chi connectivity index (χ3n) is 9.11. The van der Waals surface area contributed by atoms with Crippen LogP contribution in [-0.4, -0.2) is 66.4 Å². The quantitative estimate of drug-likeness (QED) is 0.518. The molecule has 0 spiro atoms. The number of aromatic amines is 1. The highest BCUT2D eigenvalue weighted by Gasteiger charge is 2.37. The number of morpholine rings is 1. The molecule has 40 heavy (non-hydrogen) atoms. The number of ketones is 1. The lowest BCUT2D eigenvalue weighted by Crippen LogP contribution is -2.48. The first-order valence-electron chi connectivity index (χ1n) is 15.0. The van der Waals surface area contributed by atoms with Crippen LogP contribution < -0.4 is 10.2 Å². The van der Waals surface area contributed by atoms with Crippen LogP contribution in [0.25, 0.3) is 0 Å². The van der Waals surface area contributed by atoms with E-state index >= 15 is 0 Å². The Kier molecular flexibility index (Phi) is 7.34. The molecule has 4 aliphatic rings. The highest BCUT2D eigenvalue weighted by atomic mass is 16.5. The van der Waals surface area contributed by atoms with E-state index in [1.165, 1.54) is 24.0 Å². The number of fused-ring (bicyclic) bond motifs is 2. The summed E-state index contributed by atoms with van der Waals surface area (Å²) in [6.45, 7) is 11.0. The molecule has 2 aliphatic carbocycles. The van der Waals surface area contributed by atoms with Crippen LogP contribution in [0, 0.1) is 18.3 Å². The van der Waals surface area contributed by atoms with Gasteiger partial charge in [-0.15, -0.1) is 0 Å². The van der Waals surface area contributed by atoms with Gasteiger partial charge < -0.3 is 19.9 Å². The number of Topliss-reactive ketones (excluding diaryl/α,β-unsaturated/α-hetero) is 1. The van der Waals surface area contributed by atoms with Gasteiger partial charge in [0.25, 0.3) is 5.91 Å². The van der Waals surface area contributed by atoms with Gasteiger partial charge in [-0.2, -0.15) is 0 Å². The number of aromatic nitrogens is 1. The van der Waals surface area contributed by atoms with E-state index in [0.29, 0.717) is 42.1 Å². The van der Waals surface area contributed by atoms with Gasteiger partial charge in [0, 0.05) is 49.5 Å². The van der Waals surface area contributed by atoms with E-state index in [1.54, 1.807) is 0 Å². The molecule has 0 bridgehead atoms. The third kappa shape index (κ3) is 5.61. The molecule has 2 N–H and O–H groups in total. The Morgan fingerprint density at radius 2 is 1.93 bits per heavy atom. The number of hydrogen-bond acceptors (Lipinski definition) is 5. The molecule has 0 radical (unpaired) electrons. The van der Waals surface area contributed by atoms with Gasteiger partial charge in [0.2, 0.25) is 5.91 Å². The first-order chi connectivity index (χ1) is 19.2. The lowest BCUT2D eigenvalue weighted by molar-refractivity contribution is -0.120. The molecule has 214 valence electrons. The molecule has 8 heteroatoms. The number of H-pyrrole nitrogens is 1. The van der Waals surface area contributed by atoms with Crippen molar-refractivity contribution in [2.45, 2.75) is 78.3 Å². The normalized spacial score (nSPS) is 21.2. The number of anilines is 1. The van der Waals surface area contributed by atoms with Crippen molar-refractivity contribution in [2.24, 2.45) is 11.3 Å². The Morgan fingerprint density at radius 3 is 2.67 bits per heavy atom. The smallest absolute Gasteiger partial charge is 0.268 e. The van der Waals surface area contributed by atoms with Crippen LogP contribution in [-0.2, 0) is 28.9 Å². The second-order valence-electron chi connectivity index (χ2n) is 13.1. The van der Waals surface area contributed by atoms with Gasteiger partial charge in [0.15, 0.2) is 5.78 Å². The van der Waals surface area contributed by atoms with E-state index in [1.807, 2.05) is 11.8 Å². The van der Waals surface area contributed by atoms with E-state index < -0.39 is 6.04 Å². The van der Waals surface area contributed by atoms with Crippen molar-refractivity contribution in [3.63, 3.8) is 0 Å². The van der Waals surface area contributed by atoms with E-state index in [0.717, 1.165) is 63.5 Å². The van der Waals surface area contributed by atoms with Crippen molar-refractivity contribution in [2.75, 3.05) is 37.7 Å². The summed E-state index contributed by atoms with van der Waals surface area (Å²) in [6, 6.07) is 5.84. The minimum Gasteiger partial charge on any atom is -0.379 e. The van der Waals surface area contributed by atoms with Crippen LogP contribution in [0.2, 0.25) is 0 Å². The van der Waals surface area contributed by atoms with Gasteiger partial charge in [-0.25, -0.2) is 0 Å². The van der Waals surface area contributed by atoms with Crippen LogP contribution in [0.1, 0.15) is 89.2 Å². The molecular weight excluding hydrogens is 504 g/mol. The fourth-order valence-electron chi connectivity index (χ4n) is 6.74. The largest absolute Gasteiger partial charge is 0.379 e. The minimum absolute atomic E-state index is 0.0418. The van der Waals surface area contributed by atoms with Gasteiger partial charge in [-0.05, 0) is 66.7 Å². The monoisotopic (exact) mass is 546 g/mol. The molecule has 2 aromatic rings. The topological polar surface area (TPSA) is 94.7 Å². The van der Waals surface area contributed by atoms with Crippen molar-refractivity contribution >= 4 is 23.3 Å². The summed E-state index contributed by atoms with van der Waals surface area (Å²) in [6.07, 6.45) is 5.99. The number of rotatable bonds is 8. The van der Waals surface area contributed by atoms with Crippen LogP contribution in [0.3, 0.4) is 0 Å². The molecule has 1 atom stereocenters. The molecule has 1 unspecified atom stereocenters. The van der Waals surface area contributed by atoms with Crippen molar-refractivity contribution in [1.29, 1.82) is 0 Å². The van der Waals surface area contributed by atoms with Gasteiger partial charge in [0.1, 0.15) is 11.7 Å². The highest BCUT2D eigenvalue weighted by molar-refractivity contribution is 6.06. The van der Waals surface area contributed by atoms with Gasteiger partial charge in [-0.1, -0.05) is 38.8 Å². The van der Waals surface area contributed by atoms with Crippen LogP contribution >= 0.6 is 0 Å².